The molecule has 0 N–H and O–H groups in total. The van der Waals surface area contributed by atoms with Gasteiger partial charge in [0, 0.05) is 28.2 Å². The molecule has 0 unspecified atom stereocenters. The van der Waals surface area contributed by atoms with E-state index in [2.05, 4.69) is 81.4 Å². The van der Waals surface area contributed by atoms with E-state index in [9.17, 15) is 0 Å². The largest absolute Gasteiger partial charge is 0.437 e. The van der Waals surface area contributed by atoms with Crippen molar-refractivity contribution in [2.45, 2.75) is 39.5 Å². The third-order valence-electron chi connectivity index (χ3n) is 5.98. The summed E-state index contributed by atoms with van der Waals surface area (Å²) in [7, 11) is 0. The predicted molar refractivity (Wildman–Crippen MR) is 127 cm³/mol. The molecule has 0 atom stereocenters. The molecule has 3 nitrogen and oxygen atoms in total. The molecule has 3 aromatic heterocycles. The monoisotopic (exact) mass is 406 g/mol. The molecule has 0 amide bonds. The number of aromatic nitrogens is 2. The second-order valence-corrected chi connectivity index (χ2v) is 8.51. The third kappa shape index (κ3) is 3.72. The van der Waals surface area contributed by atoms with Gasteiger partial charge in [0.25, 0.3) is 0 Å². The van der Waals surface area contributed by atoms with Crippen LogP contribution in [-0.4, -0.2) is 9.97 Å². The Morgan fingerprint density at radius 1 is 0.871 bits per heavy atom. The van der Waals surface area contributed by atoms with Crippen molar-refractivity contribution < 1.29 is 4.42 Å². The molecule has 0 saturated carbocycles. The van der Waals surface area contributed by atoms with E-state index in [1.807, 2.05) is 12.3 Å². The van der Waals surface area contributed by atoms with Crippen molar-refractivity contribution in [3.05, 3.63) is 95.3 Å². The fraction of sp³-hybridized carbons (Fsp3) is 0.214. The number of aryl methyl sites for hydroxylation is 3. The van der Waals surface area contributed by atoms with E-state index >= 15 is 0 Å². The quantitative estimate of drug-likeness (QED) is 0.308. The second-order valence-electron chi connectivity index (χ2n) is 8.51. The summed E-state index contributed by atoms with van der Waals surface area (Å²) in [5.41, 5.74) is 8.43. The maximum atomic E-state index is 6.31. The first-order chi connectivity index (χ1) is 15.1. The minimum absolute atomic E-state index is 0.450. The van der Waals surface area contributed by atoms with Gasteiger partial charge in [0.15, 0.2) is 0 Å². The van der Waals surface area contributed by atoms with Gasteiger partial charge in [-0.25, -0.2) is 4.98 Å². The summed E-state index contributed by atoms with van der Waals surface area (Å²) >= 11 is 0. The van der Waals surface area contributed by atoms with E-state index in [1.165, 1.54) is 16.7 Å². The van der Waals surface area contributed by atoms with Crippen LogP contribution in [0.4, 0.5) is 0 Å². The van der Waals surface area contributed by atoms with E-state index in [4.69, 9.17) is 14.4 Å². The molecule has 0 spiro atoms. The Labute approximate surface area is 182 Å². The van der Waals surface area contributed by atoms with Crippen LogP contribution in [0.15, 0.2) is 77.3 Å². The molecule has 5 aromatic rings. The lowest BCUT2D eigenvalue weighted by atomic mass is 9.97. The first kappa shape index (κ1) is 19.5. The van der Waals surface area contributed by atoms with Gasteiger partial charge in [-0.2, -0.15) is 0 Å². The molecule has 0 aliphatic heterocycles. The van der Waals surface area contributed by atoms with Gasteiger partial charge in [0.1, 0.15) is 5.58 Å². The Morgan fingerprint density at radius 3 is 2.52 bits per heavy atom. The molecule has 0 fully saturated rings. The third-order valence-corrected chi connectivity index (χ3v) is 5.98. The molecule has 0 saturated heterocycles. The Balaban J connectivity index is 1.55. The number of hydrogen-bond donors (Lipinski definition) is 0. The average molecular weight is 407 g/mol. The molecular weight excluding hydrogens is 380 g/mol. The normalized spacial score (nSPS) is 11.6. The van der Waals surface area contributed by atoms with Gasteiger partial charge in [-0.05, 0) is 66.6 Å². The zero-order valence-electron chi connectivity index (χ0n) is 18.2. The lowest BCUT2D eigenvalue weighted by Crippen LogP contribution is -1.95. The van der Waals surface area contributed by atoms with Crippen molar-refractivity contribution in [1.29, 1.82) is 0 Å². The summed E-state index contributed by atoms with van der Waals surface area (Å²) in [6.07, 6.45) is 3.82. The van der Waals surface area contributed by atoms with Crippen molar-refractivity contribution in [3.63, 3.8) is 0 Å². The number of hydrogen-bond acceptors (Lipinski definition) is 3. The number of furan rings is 1. The van der Waals surface area contributed by atoms with E-state index in [1.54, 1.807) is 0 Å². The van der Waals surface area contributed by atoms with Crippen LogP contribution in [0.3, 0.4) is 0 Å². The molecule has 31 heavy (non-hydrogen) atoms. The fourth-order valence-electron chi connectivity index (χ4n) is 4.28. The molecule has 0 bridgehead atoms. The molecule has 0 aliphatic rings. The van der Waals surface area contributed by atoms with Gasteiger partial charge in [0.05, 0.1) is 5.69 Å². The molecule has 2 aromatic carbocycles. The Bertz CT molecular complexity index is 1370. The maximum Gasteiger partial charge on any atom is 0.227 e. The Hall–Kier alpha value is -3.46. The molecular formula is C28H26N2O. The SMILES string of the molecule is Cc1cnc(-c2cccc3c2oc2nc(CCc4ccccc4)ccc23)cc1C(C)C. The highest BCUT2D eigenvalue weighted by atomic mass is 16.3. The van der Waals surface area contributed by atoms with E-state index in [0.717, 1.165) is 46.1 Å². The number of rotatable bonds is 5. The Morgan fingerprint density at radius 2 is 1.71 bits per heavy atom. The van der Waals surface area contributed by atoms with Crippen molar-refractivity contribution >= 4 is 22.1 Å². The number of fused-ring (bicyclic) bond motifs is 3. The highest BCUT2D eigenvalue weighted by molar-refractivity contribution is 6.08. The standard InChI is InChI=1S/C28H26N2O/c1-18(2)25-16-26(29-17-19(25)3)24-11-7-10-22-23-15-14-21(30-28(23)31-27(22)24)13-12-20-8-5-4-6-9-20/h4-11,14-18H,12-13H2,1-3H3. The maximum absolute atomic E-state index is 6.31. The summed E-state index contributed by atoms with van der Waals surface area (Å²) < 4.78 is 6.31. The van der Waals surface area contributed by atoms with Gasteiger partial charge in [0.2, 0.25) is 5.71 Å². The average Bonchev–Trinajstić information content (AvgIpc) is 3.16. The van der Waals surface area contributed by atoms with Crippen LogP contribution in [0.2, 0.25) is 0 Å². The van der Waals surface area contributed by atoms with Gasteiger partial charge in [-0.15, -0.1) is 0 Å². The van der Waals surface area contributed by atoms with E-state index < -0.39 is 0 Å². The highest BCUT2D eigenvalue weighted by Gasteiger charge is 2.15. The zero-order valence-corrected chi connectivity index (χ0v) is 18.2. The minimum atomic E-state index is 0.450. The van der Waals surface area contributed by atoms with Gasteiger partial charge < -0.3 is 4.42 Å². The topological polar surface area (TPSA) is 38.9 Å². The van der Waals surface area contributed by atoms with Crippen LogP contribution in [-0.2, 0) is 12.8 Å². The van der Waals surface area contributed by atoms with Crippen molar-refractivity contribution in [1.82, 2.24) is 9.97 Å². The van der Waals surface area contributed by atoms with Gasteiger partial charge in [-0.3, -0.25) is 4.98 Å². The van der Waals surface area contributed by atoms with Crippen LogP contribution in [0, 0.1) is 6.92 Å². The van der Waals surface area contributed by atoms with Crippen LogP contribution >= 0.6 is 0 Å². The summed E-state index contributed by atoms with van der Waals surface area (Å²) in [6.45, 7) is 6.55. The zero-order chi connectivity index (χ0) is 21.4. The first-order valence-corrected chi connectivity index (χ1v) is 10.9. The van der Waals surface area contributed by atoms with Crippen LogP contribution in [0.1, 0.15) is 42.1 Å². The lowest BCUT2D eigenvalue weighted by Gasteiger charge is -2.11. The van der Waals surface area contributed by atoms with Crippen LogP contribution in [0.5, 0.6) is 0 Å². The van der Waals surface area contributed by atoms with Crippen LogP contribution in [0.25, 0.3) is 33.3 Å². The summed E-state index contributed by atoms with van der Waals surface area (Å²) in [5, 5.41) is 2.14. The van der Waals surface area contributed by atoms with Gasteiger partial charge >= 0.3 is 0 Å². The second kappa shape index (κ2) is 7.99. The van der Waals surface area contributed by atoms with Crippen molar-refractivity contribution in [2.75, 3.05) is 0 Å². The van der Waals surface area contributed by atoms with E-state index in [0.29, 0.717) is 11.6 Å². The molecule has 3 heterocycles. The number of para-hydroxylation sites is 1. The minimum Gasteiger partial charge on any atom is -0.437 e. The molecule has 5 rings (SSSR count). The molecule has 154 valence electrons. The van der Waals surface area contributed by atoms with Crippen molar-refractivity contribution in [3.8, 4) is 11.3 Å². The summed E-state index contributed by atoms with van der Waals surface area (Å²) in [4.78, 5) is 9.55. The smallest absolute Gasteiger partial charge is 0.227 e. The summed E-state index contributed by atoms with van der Waals surface area (Å²) in [6, 6.07) is 23.2. The van der Waals surface area contributed by atoms with E-state index in [-0.39, 0.29) is 0 Å². The highest BCUT2D eigenvalue weighted by Crippen LogP contribution is 2.35. The number of benzene rings is 2. The Kier molecular flexibility index (Phi) is 5.03. The first-order valence-electron chi connectivity index (χ1n) is 10.9. The predicted octanol–water partition coefficient (Wildman–Crippen LogP) is 7.26. The lowest BCUT2D eigenvalue weighted by molar-refractivity contribution is 0.651. The van der Waals surface area contributed by atoms with Crippen molar-refractivity contribution in [2.24, 2.45) is 0 Å². The summed E-state index contributed by atoms with van der Waals surface area (Å²) in [5.74, 6) is 0.450. The molecule has 3 heteroatoms. The van der Waals surface area contributed by atoms with Gasteiger partial charge in [-0.1, -0.05) is 56.3 Å². The van der Waals surface area contributed by atoms with Crippen LogP contribution < -0.4 is 0 Å². The fourth-order valence-corrected chi connectivity index (χ4v) is 4.28. The number of nitrogens with zero attached hydrogens (tertiary/aromatic N) is 2. The molecule has 0 aliphatic carbocycles. The number of pyridine rings is 2. The molecule has 0 radical (unpaired) electrons.